The van der Waals surface area contributed by atoms with Gasteiger partial charge in [-0.25, -0.2) is 9.59 Å². The molecule has 2 aromatic carbocycles. The zero-order chi connectivity index (χ0) is 17.2. The highest BCUT2D eigenvalue weighted by Gasteiger charge is 2.35. The summed E-state index contributed by atoms with van der Waals surface area (Å²) in [4.78, 5) is 22.6. The van der Waals surface area contributed by atoms with Crippen LogP contribution in [0.4, 0.5) is 18.9 Å². The molecule has 0 fully saturated rings. The van der Waals surface area contributed by atoms with Gasteiger partial charge in [0.1, 0.15) is 11.3 Å². The Morgan fingerprint density at radius 1 is 1.00 bits per heavy atom. The first-order valence-electron chi connectivity index (χ1n) is 6.21. The number of esters is 1. The highest BCUT2D eigenvalue weighted by molar-refractivity contribution is 5.93. The van der Waals surface area contributed by atoms with Crippen LogP contribution in [0, 0.1) is 0 Å². The molecule has 0 aliphatic rings. The van der Waals surface area contributed by atoms with Crippen LogP contribution in [0.1, 0.15) is 26.3 Å². The Hall–Kier alpha value is -3.03. The van der Waals surface area contributed by atoms with E-state index in [0.717, 1.165) is 30.3 Å². The molecule has 0 atom stereocenters. The van der Waals surface area contributed by atoms with Crippen LogP contribution in [0.25, 0.3) is 0 Å². The van der Waals surface area contributed by atoms with Crippen molar-refractivity contribution in [3.05, 3.63) is 59.2 Å². The minimum absolute atomic E-state index is 0.0648. The minimum atomic E-state index is -4.74. The fourth-order valence-corrected chi connectivity index (χ4v) is 1.77. The summed E-state index contributed by atoms with van der Waals surface area (Å²) >= 11 is 0. The van der Waals surface area contributed by atoms with E-state index in [2.05, 4.69) is 0 Å². The molecule has 2 rings (SSSR count). The lowest BCUT2D eigenvalue weighted by atomic mass is 10.1. The molecule has 0 aromatic heterocycles. The van der Waals surface area contributed by atoms with Crippen LogP contribution < -0.4 is 10.5 Å². The summed E-state index contributed by atoms with van der Waals surface area (Å²) in [7, 11) is 0. The summed E-state index contributed by atoms with van der Waals surface area (Å²) in [5.74, 6) is -2.92. The molecule has 0 unspecified atom stereocenters. The third-order valence-corrected chi connectivity index (χ3v) is 2.88. The number of rotatable bonds is 3. The van der Waals surface area contributed by atoms with Crippen molar-refractivity contribution < 1.29 is 32.6 Å². The number of anilines is 1. The summed E-state index contributed by atoms with van der Waals surface area (Å²) < 4.78 is 43.5. The van der Waals surface area contributed by atoms with Crippen LogP contribution in [0.3, 0.4) is 0 Å². The van der Waals surface area contributed by atoms with Crippen molar-refractivity contribution >= 4 is 17.6 Å². The van der Waals surface area contributed by atoms with Crippen molar-refractivity contribution in [3.8, 4) is 5.75 Å². The number of alkyl halides is 3. The van der Waals surface area contributed by atoms with E-state index in [4.69, 9.17) is 15.6 Å². The van der Waals surface area contributed by atoms with Crippen LogP contribution in [0.5, 0.6) is 5.75 Å². The molecule has 0 aliphatic carbocycles. The largest absolute Gasteiger partial charge is 0.478 e. The molecular formula is C15H10F3NO4. The average molecular weight is 325 g/mol. The SMILES string of the molecule is Nc1ccc(OC(=O)c2ccc(C(=O)O)cc2)c(C(F)(F)F)c1. The lowest BCUT2D eigenvalue weighted by Crippen LogP contribution is -2.14. The van der Waals surface area contributed by atoms with E-state index in [-0.39, 0.29) is 16.8 Å². The summed E-state index contributed by atoms with van der Waals surface area (Å²) in [6.45, 7) is 0. The molecule has 120 valence electrons. The Kier molecular flexibility index (Phi) is 4.26. The van der Waals surface area contributed by atoms with Gasteiger partial charge < -0.3 is 15.6 Å². The first-order valence-corrected chi connectivity index (χ1v) is 6.21. The molecule has 2 aromatic rings. The third-order valence-electron chi connectivity index (χ3n) is 2.88. The number of nitrogen functional groups attached to an aromatic ring is 1. The average Bonchev–Trinajstić information content (AvgIpc) is 2.48. The number of carboxylic acids is 1. The maximum Gasteiger partial charge on any atom is 0.420 e. The van der Waals surface area contributed by atoms with Crippen molar-refractivity contribution in [1.82, 2.24) is 0 Å². The number of nitrogens with two attached hydrogens (primary N) is 1. The molecule has 0 aliphatic heterocycles. The van der Waals surface area contributed by atoms with Gasteiger partial charge in [-0.3, -0.25) is 0 Å². The summed E-state index contributed by atoms with van der Waals surface area (Å²) in [6.07, 6.45) is -4.74. The summed E-state index contributed by atoms with van der Waals surface area (Å²) in [6, 6.07) is 7.37. The Morgan fingerprint density at radius 2 is 1.57 bits per heavy atom. The van der Waals surface area contributed by atoms with Gasteiger partial charge in [0, 0.05) is 5.69 Å². The van der Waals surface area contributed by atoms with Gasteiger partial charge in [0.05, 0.1) is 11.1 Å². The van der Waals surface area contributed by atoms with Crippen molar-refractivity contribution in [1.29, 1.82) is 0 Å². The van der Waals surface area contributed by atoms with E-state index in [9.17, 15) is 22.8 Å². The maximum absolute atomic E-state index is 12.9. The second-order valence-corrected chi connectivity index (χ2v) is 4.53. The van der Waals surface area contributed by atoms with Gasteiger partial charge in [-0.1, -0.05) is 0 Å². The normalized spacial score (nSPS) is 11.1. The number of hydrogen-bond acceptors (Lipinski definition) is 4. The van der Waals surface area contributed by atoms with E-state index >= 15 is 0 Å². The van der Waals surface area contributed by atoms with E-state index < -0.39 is 29.4 Å². The van der Waals surface area contributed by atoms with Gasteiger partial charge in [-0.2, -0.15) is 13.2 Å². The molecule has 0 heterocycles. The van der Waals surface area contributed by atoms with Crippen molar-refractivity contribution in [2.45, 2.75) is 6.18 Å². The van der Waals surface area contributed by atoms with Gasteiger partial charge in [0.2, 0.25) is 0 Å². The minimum Gasteiger partial charge on any atom is -0.478 e. The number of halogens is 3. The first kappa shape index (κ1) is 16.3. The molecule has 0 saturated carbocycles. The third kappa shape index (κ3) is 3.79. The molecule has 0 bridgehead atoms. The molecule has 0 saturated heterocycles. The summed E-state index contributed by atoms with van der Waals surface area (Å²) in [5.41, 5.74) is 3.87. The standard InChI is InChI=1S/C15H10F3NO4/c16-15(17,18)11-7-10(19)5-6-12(11)23-14(22)9-3-1-8(2-4-9)13(20)21/h1-7H,19H2,(H,20,21). The Balaban J connectivity index is 2.28. The Labute approximate surface area is 128 Å². The highest BCUT2D eigenvalue weighted by Crippen LogP contribution is 2.37. The summed E-state index contributed by atoms with van der Waals surface area (Å²) in [5, 5.41) is 8.75. The second-order valence-electron chi connectivity index (χ2n) is 4.53. The predicted molar refractivity (Wildman–Crippen MR) is 74.2 cm³/mol. The second kappa shape index (κ2) is 5.99. The van der Waals surface area contributed by atoms with Gasteiger partial charge in [-0.15, -0.1) is 0 Å². The van der Waals surface area contributed by atoms with E-state index in [0.29, 0.717) is 6.07 Å². The number of carbonyl (C=O) groups excluding carboxylic acids is 1. The molecule has 8 heteroatoms. The predicted octanol–water partition coefficient (Wildman–Crippen LogP) is 3.21. The number of carbonyl (C=O) groups is 2. The van der Waals surface area contributed by atoms with Crippen molar-refractivity contribution in [2.75, 3.05) is 5.73 Å². The van der Waals surface area contributed by atoms with Crippen LogP contribution in [-0.2, 0) is 6.18 Å². The monoisotopic (exact) mass is 325 g/mol. The molecule has 3 N–H and O–H groups in total. The fourth-order valence-electron chi connectivity index (χ4n) is 1.77. The van der Waals surface area contributed by atoms with Gasteiger partial charge in [0.25, 0.3) is 0 Å². The Morgan fingerprint density at radius 3 is 2.09 bits per heavy atom. The number of benzene rings is 2. The van der Waals surface area contributed by atoms with Gasteiger partial charge in [-0.05, 0) is 42.5 Å². The lowest BCUT2D eigenvalue weighted by Gasteiger charge is -2.13. The molecule has 0 spiro atoms. The first-order chi connectivity index (χ1) is 10.7. The van der Waals surface area contributed by atoms with Crippen LogP contribution in [0.15, 0.2) is 42.5 Å². The molecule has 23 heavy (non-hydrogen) atoms. The van der Waals surface area contributed by atoms with Crippen LogP contribution in [0.2, 0.25) is 0 Å². The number of carboxylic acid groups (broad SMARTS) is 1. The molecule has 0 radical (unpaired) electrons. The smallest absolute Gasteiger partial charge is 0.420 e. The maximum atomic E-state index is 12.9. The highest BCUT2D eigenvalue weighted by atomic mass is 19.4. The zero-order valence-corrected chi connectivity index (χ0v) is 11.4. The molecular weight excluding hydrogens is 315 g/mol. The topological polar surface area (TPSA) is 89.6 Å². The Bertz CT molecular complexity index is 754. The number of hydrogen-bond donors (Lipinski definition) is 2. The quantitative estimate of drug-likeness (QED) is 0.514. The van der Waals surface area contributed by atoms with Gasteiger partial charge >= 0.3 is 18.1 Å². The lowest BCUT2D eigenvalue weighted by molar-refractivity contribution is -0.138. The van der Waals surface area contributed by atoms with E-state index in [1.54, 1.807) is 0 Å². The fraction of sp³-hybridized carbons (Fsp3) is 0.0667. The van der Waals surface area contributed by atoms with Crippen molar-refractivity contribution in [3.63, 3.8) is 0 Å². The van der Waals surface area contributed by atoms with Crippen LogP contribution >= 0.6 is 0 Å². The zero-order valence-electron chi connectivity index (χ0n) is 11.4. The number of aromatic carboxylic acids is 1. The van der Waals surface area contributed by atoms with E-state index in [1.807, 2.05) is 0 Å². The van der Waals surface area contributed by atoms with Crippen LogP contribution in [-0.4, -0.2) is 17.0 Å². The molecule has 0 amide bonds. The number of ether oxygens (including phenoxy) is 1. The molecule has 5 nitrogen and oxygen atoms in total. The van der Waals surface area contributed by atoms with E-state index in [1.165, 1.54) is 6.07 Å². The van der Waals surface area contributed by atoms with Gasteiger partial charge in [0.15, 0.2) is 0 Å². The van der Waals surface area contributed by atoms with Crippen molar-refractivity contribution in [2.24, 2.45) is 0 Å².